The summed E-state index contributed by atoms with van der Waals surface area (Å²) >= 11 is 0. The van der Waals surface area contributed by atoms with Crippen LogP contribution in [-0.4, -0.2) is 40.6 Å². The first-order valence-corrected chi connectivity index (χ1v) is 10.2. The molecule has 2 aromatic rings. The molecule has 2 aromatic carbocycles. The summed E-state index contributed by atoms with van der Waals surface area (Å²) in [5.74, 6) is 0.325. The van der Waals surface area contributed by atoms with E-state index in [1.54, 1.807) is 38.3 Å². The van der Waals surface area contributed by atoms with Crippen LogP contribution in [0, 0.1) is 5.82 Å². The number of methoxy groups -OCH3 is 1. The molecule has 0 fully saturated rings. The van der Waals surface area contributed by atoms with Gasteiger partial charge in [0.15, 0.2) is 0 Å². The van der Waals surface area contributed by atoms with Crippen LogP contribution in [0.1, 0.15) is 13.3 Å². The molecule has 0 aliphatic rings. The maximum absolute atomic E-state index is 13.0. The Morgan fingerprint density at radius 1 is 1.07 bits per heavy atom. The van der Waals surface area contributed by atoms with Crippen molar-refractivity contribution in [2.45, 2.75) is 24.3 Å². The predicted octanol–water partition coefficient (Wildman–Crippen LogP) is 2.09. The van der Waals surface area contributed by atoms with Gasteiger partial charge in [-0.3, -0.25) is 4.79 Å². The third-order valence-electron chi connectivity index (χ3n) is 3.88. The Kier molecular flexibility index (Phi) is 7.77. The summed E-state index contributed by atoms with van der Waals surface area (Å²) in [6, 6.07) is 10.4. The molecule has 0 saturated heterocycles. The van der Waals surface area contributed by atoms with Crippen LogP contribution in [-0.2, 0) is 14.8 Å². The van der Waals surface area contributed by atoms with Gasteiger partial charge in [-0.25, -0.2) is 12.8 Å². The highest BCUT2D eigenvalue weighted by molar-refractivity contribution is 7.89. The van der Waals surface area contributed by atoms with E-state index in [4.69, 9.17) is 9.47 Å². The minimum Gasteiger partial charge on any atom is -0.497 e. The number of sulfonamides is 1. The second-order valence-electron chi connectivity index (χ2n) is 5.85. The Morgan fingerprint density at radius 3 is 2.25 bits per heavy atom. The molecule has 0 bridgehead atoms. The molecule has 2 rings (SSSR count). The van der Waals surface area contributed by atoms with E-state index in [9.17, 15) is 17.6 Å². The van der Waals surface area contributed by atoms with Crippen molar-refractivity contribution in [1.29, 1.82) is 0 Å². The normalized spacial score (nSPS) is 12.2. The quantitative estimate of drug-likeness (QED) is 0.585. The van der Waals surface area contributed by atoms with E-state index in [0.717, 1.165) is 24.3 Å². The molecule has 2 N–H and O–H groups in total. The standard InChI is InChI=1S/C19H23FN2O5S/c1-3-18(22-28(24,25)17-10-4-14(20)5-11-17)19(23)21-12-13-27-16-8-6-15(26-2)7-9-16/h4-11,18,22H,3,12-13H2,1-2H3,(H,21,23). The van der Waals surface area contributed by atoms with Gasteiger partial charge in [-0.1, -0.05) is 6.92 Å². The van der Waals surface area contributed by atoms with Crippen molar-refractivity contribution in [3.8, 4) is 11.5 Å². The summed E-state index contributed by atoms with van der Waals surface area (Å²) in [5, 5.41) is 2.63. The average molecular weight is 410 g/mol. The molecule has 0 spiro atoms. The number of rotatable bonds is 10. The zero-order valence-corrected chi connectivity index (χ0v) is 16.5. The fraction of sp³-hybridized carbons (Fsp3) is 0.316. The number of carbonyl (C=O) groups is 1. The zero-order chi connectivity index (χ0) is 20.6. The molecule has 1 amide bonds. The van der Waals surface area contributed by atoms with Crippen LogP contribution >= 0.6 is 0 Å². The van der Waals surface area contributed by atoms with Crippen LogP contribution in [0.3, 0.4) is 0 Å². The summed E-state index contributed by atoms with van der Waals surface area (Å²) in [4.78, 5) is 12.2. The summed E-state index contributed by atoms with van der Waals surface area (Å²) in [7, 11) is -2.36. The molecule has 1 atom stereocenters. The fourth-order valence-electron chi connectivity index (χ4n) is 2.33. The van der Waals surface area contributed by atoms with Crippen LogP contribution < -0.4 is 19.5 Å². The highest BCUT2D eigenvalue weighted by atomic mass is 32.2. The first kappa shape index (κ1) is 21.6. The summed E-state index contributed by atoms with van der Waals surface area (Å²) in [5.41, 5.74) is 0. The number of hydrogen-bond donors (Lipinski definition) is 2. The first-order chi connectivity index (χ1) is 13.4. The average Bonchev–Trinajstić information content (AvgIpc) is 2.70. The minimum absolute atomic E-state index is 0.108. The van der Waals surface area contributed by atoms with Crippen molar-refractivity contribution in [2.24, 2.45) is 0 Å². The number of hydrogen-bond acceptors (Lipinski definition) is 5. The largest absolute Gasteiger partial charge is 0.497 e. The van der Waals surface area contributed by atoms with Gasteiger partial charge in [0.2, 0.25) is 15.9 Å². The maximum atomic E-state index is 13.0. The molecule has 28 heavy (non-hydrogen) atoms. The first-order valence-electron chi connectivity index (χ1n) is 8.68. The maximum Gasteiger partial charge on any atom is 0.241 e. The molecule has 1 unspecified atom stereocenters. The van der Waals surface area contributed by atoms with E-state index in [1.807, 2.05) is 0 Å². The van der Waals surface area contributed by atoms with Crippen molar-refractivity contribution in [3.05, 3.63) is 54.3 Å². The lowest BCUT2D eigenvalue weighted by atomic mass is 10.2. The highest BCUT2D eigenvalue weighted by Crippen LogP contribution is 2.16. The topological polar surface area (TPSA) is 93.7 Å². The second kappa shape index (κ2) is 10.0. The highest BCUT2D eigenvalue weighted by Gasteiger charge is 2.24. The van der Waals surface area contributed by atoms with E-state index in [2.05, 4.69) is 10.0 Å². The fourth-order valence-corrected chi connectivity index (χ4v) is 3.61. The number of carbonyl (C=O) groups excluding carboxylic acids is 1. The van der Waals surface area contributed by atoms with E-state index in [1.165, 1.54) is 0 Å². The Morgan fingerprint density at radius 2 is 1.68 bits per heavy atom. The number of nitrogens with one attached hydrogen (secondary N) is 2. The molecule has 0 heterocycles. The van der Waals surface area contributed by atoms with Gasteiger partial charge in [0.25, 0.3) is 0 Å². The van der Waals surface area contributed by atoms with Crippen LogP contribution in [0.25, 0.3) is 0 Å². The smallest absolute Gasteiger partial charge is 0.241 e. The summed E-state index contributed by atoms with van der Waals surface area (Å²) in [6.45, 7) is 2.12. The van der Waals surface area contributed by atoms with Gasteiger partial charge in [-0.15, -0.1) is 0 Å². The SMILES string of the molecule is CCC(NS(=O)(=O)c1ccc(F)cc1)C(=O)NCCOc1ccc(OC)cc1. The van der Waals surface area contributed by atoms with Crippen molar-refractivity contribution >= 4 is 15.9 Å². The predicted molar refractivity (Wildman–Crippen MR) is 102 cm³/mol. The summed E-state index contributed by atoms with van der Waals surface area (Å²) < 4.78 is 50.5. The Balaban J connectivity index is 1.84. The lowest BCUT2D eigenvalue weighted by molar-refractivity contribution is -0.122. The van der Waals surface area contributed by atoms with Gasteiger partial charge in [0.05, 0.1) is 18.6 Å². The van der Waals surface area contributed by atoms with E-state index in [0.29, 0.717) is 11.5 Å². The van der Waals surface area contributed by atoms with Gasteiger partial charge >= 0.3 is 0 Å². The van der Waals surface area contributed by atoms with Gasteiger partial charge in [-0.2, -0.15) is 4.72 Å². The van der Waals surface area contributed by atoms with E-state index >= 15 is 0 Å². The van der Waals surface area contributed by atoms with Crippen molar-refractivity contribution in [2.75, 3.05) is 20.3 Å². The lowest BCUT2D eigenvalue weighted by Crippen LogP contribution is -2.47. The number of halogens is 1. The molecule has 0 aliphatic carbocycles. The Hall–Kier alpha value is -2.65. The number of ether oxygens (including phenoxy) is 2. The van der Waals surface area contributed by atoms with Crippen molar-refractivity contribution < 1.29 is 27.1 Å². The van der Waals surface area contributed by atoms with Gasteiger partial charge < -0.3 is 14.8 Å². The van der Waals surface area contributed by atoms with Crippen LogP contribution in [0.2, 0.25) is 0 Å². The lowest BCUT2D eigenvalue weighted by Gasteiger charge is -2.17. The Bertz CT molecular complexity index is 870. The molecule has 0 radical (unpaired) electrons. The van der Waals surface area contributed by atoms with Gasteiger partial charge in [0.1, 0.15) is 30.0 Å². The third-order valence-corrected chi connectivity index (χ3v) is 5.36. The van der Waals surface area contributed by atoms with E-state index < -0.39 is 27.8 Å². The van der Waals surface area contributed by atoms with Crippen LogP contribution in [0.4, 0.5) is 4.39 Å². The van der Waals surface area contributed by atoms with Gasteiger partial charge in [-0.05, 0) is 55.0 Å². The number of benzene rings is 2. The molecular weight excluding hydrogens is 387 g/mol. The molecule has 7 nitrogen and oxygen atoms in total. The van der Waals surface area contributed by atoms with Gasteiger partial charge in [0, 0.05) is 0 Å². The zero-order valence-electron chi connectivity index (χ0n) is 15.6. The molecule has 0 aromatic heterocycles. The minimum atomic E-state index is -3.93. The van der Waals surface area contributed by atoms with Crippen LogP contribution in [0.15, 0.2) is 53.4 Å². The van der Waals surface area contributed by atoms with E-state index in [-0.39, 0.29) is 24.5 Å². The summed E-state index contributed by atoms with van der Waals surface area (Å²) in [6.07, 6.45) is 0.256. The molecule has 0 aliphatic heterocycles. The van der Waals surface area contributed by atoms with Crippen molar-refractivity contribution in [1.82, 2.24) is 10.0 Å². The number of amides is 1. The monoisotopic (exact) mass is 410 g/mol. The molecular formula is C19H23FN2O5S. The third kappa shape index (κ3) is 6.21. The molecule has 0 saturated carbocycles. The second-order valence-corrected chi connectivity index (χ2v) is 7.57. The van der Waals surface area contributed by atoms with Crippen molar-refractivity contribution in [3.63, 3.8) is 0 Å². The molecule has 9 heteroatoms. The molecule has 152 valence electrons. The van der Waals surface area contributed by atoms with Crippen LogP contribution in [0.5, 0.6) is 11.5 Å². The Labute approximate surface area is 163 Å².